The first-order valence-corrected chi connectivity index (χ1v) is 7.95. The Morgan fingerprint density at radius 2 is 2.08 bits per heavy atom. The molecule has 2 aromatic heterocycles. The number of carbonyl (C=O) groups is 2. The maximum Gasteiger partial charge on any atom is 0.406 e. The number of methoxy groups -OCH3 is 2. The van der Waals surface area contributed by atoms with E-state index in [0.29, 0.717) is 35.4 Å². The molecule has 128 valence electrons. The van der Waals surface area contributed by atoms with E-state index < -0.39 is 12.1 Å². The molecule has 0 radical (unpaired) electrons. The van der Waals surface area contributed by atoms with Crippen molar-refractivity contribution in [2.45, 2.75) is 13.0 Å². The number of esters is 1. The van der Waals surface area contributed by atoms with Crippen LogP contribution in [0.5, 0.6) is 0 Å². The average Bonchev–Trinajstić information content (AvgIpc) is 2.94. The molecule has 0 unspecified atom stereocenters. The van der Waals surface area contributed by atoms with Gasteiger partial charge in [-0.3, -0.25) is 9.67 Å². The Hall–Kier alpha value is -2.42. The van der Waals surface area contributed by atoms with Gasteiger partial charge in [-0.1, -0.05) is 6.07 Å². The highest BCUT2D eigenvalue weighted by Gasteiger charge is 2.23. The van der Waals surface area contributed by atoms with E-state index in [9.17, 15) is 9.59 Å². The molecule has 2 heterocycles. The van der Waals surface area contributed by atoms with Crippen LogP contribution in [-0.4, -0.2) is 47.6 Å². The molecule has 1 amide bonds. The Bertz CT molecular complexity index is 718. The van der Waals surface area contributed by atoms with Gasteiger partial charge in [0.05, 0.1) is 24.4 Å². The van der Waals surface area contributed by atoms with Gasteiger partial charge in [-0.25, -0.2) is 9.59 Å². The lowest BCUT2D eigenvalue weighted by atomic mass is 10.2. The third-order valence-corrected chi connectivity index (χ3v) is 3.93. The number of rotatable bonds is 6. The molecule has 0 saturated carbocycles. The van der Waals surface area contributed by atoms with Crippen molar-refractivity contribution in [3.8, 4) is 11.4 Å². The molecular weight excluding hydrogens is 380 g/mol. The Morgan fingerprint density at radius 1 is 1.29 bits per heavy atom. The molecule has 0 fully saturated rings. The summed E-state index contributed by atoms with van der Waals surface area (Å²) in [6.45, 7) is 0.894. The maximum atomic E-state index is 11.9. The third-order valence-electron chi connectivity index (χ3n) is 3.18. The minimum atomic E-state index is -0.537. The van der Waals surface area contributed by atoms with Crippen LogP contribution in [0.2, 0.25) is 0 Å². The summed E-state index contributed by atoms with van der Waals surface area (Å²) in [5.41, 5.74) is 1.53. The number of hydrogen-bond acceptors (Lipinski definition) is 6. The van der Waals surface area contributed by atoms with Gasteiger partial charge in [0.2, 0.25) is 0 Å². The molecule has 2 aromatic rings. The van der Waals surface area contributed by atoms with E-state index in [2.05, 4.69) is 36.1 Å². The number of halogens is 1. The number of amides is 1. The highest BCUT2D eigenvalue weighted by Crippen LogP contribution is 2.30. The number of carbonyl (C=O) groups excluding carboxylic acids is 2. The largest absolute Gasteiger partial charge is 0.464 e. The number of ether oxygens (including phenoxy) is 2. The van der Waals surface area contributed by atoms with E-state index in [1.54, 1.807) is 16.9 Å². The Labute approximate surface area is 147 Å². The zero-order chi connectivity index (χ0) is 17.5. The van der Waals surface area contributed by atoms with Gasteiger partial charge in [-0.15, -0.1) is 0 Å². The van der Waals surface area contributed by atoms with Gasteiger partial charge in [-0.05, 0) is 34.5 Å². The van der Waals surface area contributed by atoms with E-state index in [1.165, 1.54) is 14.2 Å². The van der Waals surface area contributed by atoms with Crippen molar-refractivity contribution in [2.75, 3.05) is 20.8 Å². The minimum absolute atomic E-state index is 0.180. The molecular formula is C15H17BrN4O4. The second-order valence-electron chi connectivity index (χ2n) is 4.71. The van der Waals surface area contributed by atoms with Gasteiger partial charge in [-0.2, -0.15) is 5.10 Å². The molecule has 0 bridgehead atoms. The molecule has 0 saturated heterocycles. The summed E-state index contributed by atoms with van der Waals surface area (Å²) in [5.74, 6) is -0.537. The standard InChI is InChI=1S/C15H17BrN4O4/c1-23-14(21)12-11(16)13(10-6-3-4-7-17-10)20(19-12)9-5-8-18-15(22)24-2/h3-4,6-7H,5,8-9H2,1-2H3,(H,18,22). The topological polar surface area (TPSA) is 95.3 Å². The average molecular weight is 397 g/mol. The zero-order valence-corrected chi connectivity index (χ0v) is 14.9. The first kappa shape index (κ1) is 17.9. The van der Waals surface area contributed by atoms with Crippen LogP contribution in [0.3, 0.4) is 0 Å². The summed E-state index contributed by atoms with van der Waals surface area (Å²) in [5, 5.41) is 6.90. The van der Waals surface area contributed by atoms with Crippen LogP contribution in [0.15, 0.2) is 28.9 Å². The van der Waals surface area contributed by atoms with Crippen LogP contribution >= 0.6 is 15.9 Å². The van der Waals surface area contributed by atoms with E-state index in [1.807, 2.05) is 12.1 Å². The molecule has 9 heteroatoms. The molecule has 0 aliphatic rings. The second kappa shape index (κ2) is 8.44. The Morgan fingerprint density at radius 3 is 2.71 bits per heavy atom. The van der Waals surface area contributed by atoms with Gasteiger partial charge in [0.15, 0.2) is 5.69 Å². The van der Waals surface area contributed by atoms with Gasteiger partial charge in [0.1, 0.15) is 5.69 Å². The first-order chi connectivity index (χ1) is 11.6. The molecule has 2 rings (SSSR count). The fraction of sp³-hybridized carbons (Fsp3) is 0.333. The van der Waals surface area contributed by atoms with E-state index in [4.69, 9.17) is 4.74 Å². The number of aromatic nitrogens is 3. The molecule has 1 N–H and O–H groups in total. The SMILES string of the molecule is COC(=O)NCCCn1nc(C(=O)OC)c(Br)c1-c1ccccn1. The van der Waals surface area contributed by atoms with E-state index >= 15 is 0 Å². The second-order valence-corrected chi connectivity index (χ2v) is 5.51. The van der Waals surface area contributed by atoms with Crippen LogP contribution in [-0.2, 0) is 16.0 Å². The summed E-state index contributed by atoms with van der Waals surface area (Å²) in [6.07, 6.45) is 1.77. The van der Waals surface area contributed by atoms with Gasteiger partial charge in [0, 0.05) is 19.3 Å². The predicted octanol–water partition coefficient (Wildman–Crippen LogP) is 2.24. The minimum Gasteiger partial charge on any atom is -0.464 e. The summed E-state index contributed by atoms with van der Waals surface area (Å²) in [4.78, 5) is 27.2. The predicted molar refractivity (Wildman–Crippen MR) is 89.5 cm³/mol. The van der Waals surface area contributed by atoms with Crippen molar-refractivity contribution >= 4 is 28.0 Å². The molecule has 0 aliphatic heterocycles. The van der Waals surface area contributed by atoms with Crippen molar-refractivity contribution in [1.82, 2.24) is 20.1 Å². The van der Waals surface area contributed by atoms with Crippen LogP contribution < -0.4 is 5.32 Å². The molecule has 24 heavy (non-hydrogen) atoms. The lowest BCUT2D eigenvalue weighted by Gasteiger charge is -2.08. The maximum absolute atomic E-state index is 11.9. The van der Waals surface area contributed by atoms with E-state index in [0.717, 1.165) is 0 Å². The van der Waals surface area contributed by atoms with Crippen LogP contribution in [0.4, 0.5) is 4.79 Å². The number of nitrogens with zero attached hydrogens (tertiary/aromatic N) is 3. The fourth-order valence-electron chi connectivity index (χ4n) is 2.07. The van der Waals surface area contributed by atoms with Gasteiger partial charge < -0.3 is 14.8 Å². The third kappa shape index (κ3) is 4.10. The molecule has 0 aliphatic carbocycles. The Balaban J connectivity index is 2.25. The van der Waals surface area contributed by atoms with Gasteiger partial charge >= 0.3 is 12.1 Å². The van der Waals surface area contributed by atoms with Crippen molar-refractivity contribution < 1.29 is 19.1 Å². The molecule has 0 aromatic carbocycles. The molecule has 8 nitrogen and oxygen atoms in total. The van der Waals surface area contributed by atoms with Crippen molar-refractivity contribution in [3.63, 3.8) is 0 Å². The number of pyridine rings is 1. The van der Waals surface area contributed by atoms with E-state index in [-0.39, 0.29) is 5.69 Å². The Kier molecular flexibility index (Phi) is 6.30. The summed E-state index contributed by atoms with van der Waals surface area (Å²) >= 11 is 3.41. The number of aryl methyl sites for hydroxylation is 1. The lowest BCUT2D eigenvalue weighted by Crippen LogP contribution is -2.25. The van der Waals surface area contributed by atoms with Crippen LogP contribution in [0.25, 0.3) is 11.4 Å². The molecule has 0 atom stereocenters. The van der Waals surface area contributed by atoms with Crippen molar-refractivity contribution in [1.29, 1.82) is 0 Å². The highest BCUT2D eigenvalue weighted by atomic mass is 79.9. The van der Waals surface area contributed by atoms with Crippen molar-refractivity contribution in [2.24, 2.45) is 0 Å². The zero-order valence-electron chi connectivity index (χ0n) is 13.3. The summed E-state index contributed by atoms with van der Waals surface area (Å²) in [7, 11) is 2.61. The van der Waals surface area contributed by atoms with Crippen LogP contribution in [0, 0.1) is 0 Å². The fourth-order valence-corrected chi connectivity index (χ4v) is 2.72. The van der Waals surface area contributed by atoms with Crippen molar-refractivity contribution in [3.05, 3.63) is 34.6 Å². The summed E-state index contributed by atoms with van der Waals surface area (Å²) in [6, 6.07) is 5.48. The lowest BCUT2D eigenvalue weighted by molar-refractivity contribution is 0.0592. The number of nitrogens with one attached hydrogen (secondary N) is 1. The normalized spacial score (nSPS) is 10.3. The number of alkyl carbamates (subject to hydrolysis) is 1. The van der Waals surface area contributed by atoms with Gasteiger partial charge in [0.25, 0.3) is 0 Å². The quantitative estimate of drug-likeness (QED) is 0.594. The highest BCUT2D eigenvalue weighted by molar-refractivity contribution is 9.10. The van der Waals surface area contributed by atoms with Crippen LogP contribution in [0.1, 0.15) is 16.9 Å². The molecule has 0 spiro atoms. The summed E-state index contributed by atoms with van der Waals surface area (Å²) < 4.78 is 11.5. The monoisotopic (exact) mass is 396 g/mol. The smallest absolute Gasteiger partial charge is 0.406 e. The number of hydrogen-bond donors (Lipinski definition) is 1. The first-order valence-electron chi connectivity index (χ1n) is 7.16.